The van der Waals surface area contributed by atoms with Gasteiger partial charge in [-0.05, 0) is 27.8 Å². The second-order valence-electron chi connectivity index (χ2n) is 8.34. The molecule has 0 bridgehead atoms. The molecule has 2 atom stereocenters. The fourth-order valence-electron chi connectivity index (χ4n) is 4.34. The number of carboxylic acids is 1. The van der Waals surface area contributed by atoms with Gasteiger partial charge >= 0.3 is 12.1 Å². The normalized spacial score (nSPS) is 13.7. The summed E-state index contributed by atoms with van der Waals surface area (Å²) in [6.45, 7) is -0.137. The van der Waals surface area contributed by atoms with Gasteiger partial charge in [0, 0.05) is 12.5 Å². The number of carboxylic acid groups (broad SMARTS) is 1. The predicted octanol–water partition coefficient (Wildman–Crippen LogP) is 3.05. The Morgan fingerprint density at radius 1 is 0.857 bits per heavy atom. The van der Waals surface area contributed by atoms with E-state index in [9.17, 15) is 24.6 Å². The van der Waals surface area contributed by atoms with Gasteiger partial charge < -0.3 is 25.6 Å². The van der Waals surface area contributed by atoms with Crippen LogP contribution in [0.3, 0.4) is 0 Å². The van der Waals surface area contributed by atoms with Crippen molar-refractivity contribution in [3.05, 3.63) is 95.6 Å². The lowest BCUT2D eigenvalue weighted by atomic mass is 9.89. The van der Waals surface area contributed by atoms with Gasteiger partial charge in [-0.25, -0.2) is 9.59 Å². The van der Waals surface area contributed by atoms with Crippen molar-refractivity contribution in [2.45, 2.75) is 31.1 Å². The number of amides is 2. The first-order chi connectivity index (χ1) is 16.9. The average Bonchev–Trinajstić information content (AvgIpc) is 3.19. The van der Waals surface area contributed by atoms with Crippen LogP contribution in [0.1, 0.15) is 29.0 Å². The van der Waals surface area contributed by atoms with Gasteiger partial charge in [-0.15, -0.1) is 0 Å². The van der Waals surface area contributed by atoms with E-state index in [-0.39, 0.29) is 19.6 Å². The highest BCUT2D eigenvalue weighted by Gasteiger charge is 2.38. The fourth-order valence-corrected chi connectivity index (χ4v) is 4.34. The fraction of sp³-hybridized carbons (Fsp3) is 0.222. The number of alkyl carbamates (subject to hydrolysis) is 1. The van der Waals surface area contributed by atoms with E-state index in [0.29, 0.717) is 0 Å². The molecular formula is C27H26N2O6. The van der Waals surface area contributed by atoms with E-state index in [1.54, 1.807) is 0 Å². The highest BCUT2D eigenvalue weighted by molar-refractivity contribution is 5.88. The van der Waals surface area contributed by atoms with Crippen molar-refractivity contribution in [2.24, 2.45) is 0 Å². The Kier molecular flexibility index (Phi) is 7.42. The minimum absolute atomic E-state index is 0.0773. The summed E-state index contributed by atoms with van der Waals surface area (Å²) in [5.41, 5.74) is 4.34. The third-order valence-electron chi connectivity index (χ3n) is 5.91. The van der Waals surface area contributed by atoms with Crippen molar-refractivity contribution < 1.29 is 29.3 Å². The van der Waals surface area contributed by atoms with Gasteiger partial charge in [-0.2, -0.15) is 0 Å². The van der Waals surface area contributed by atoms with Crippen molar-refractivity contribution in [1.82, 2.24) is 10.6 Å². The Morgan fingerprint density at radius 2 is 1.43 bits per heavy atom. The van der Waals surface area contributed by atoms with Crippen molar-refractivity contribution in [2.75, 3.05) is 6.54 Å². The van der Waals surface area contributed by atoms with Crippen molar-refractivity contribution in [3.63, 3.8) is 0 Å². The molecule has 0 fully saturated rings. The number of carbonyl (C=O) groups is 3. The van der Waals surface area contributed by atoms with E-state index >= 15 is 0 Å². The summed E-state index contributed by atoms with van der Waals surface area (Å²) >= 11 is 0. The van der Waals surface area contributed by atoms with Crippen LogP contribution in [0.25, 0.3) is 11.1 Å². The van der Waals surface area contributed by atoms with E-state index < -0.39 is 36.0 Å². The Balaban J connectivity index is 1.34. The molecule has 2 amide bonds. The molecule has 180 valence electrons. The standard InChI is InChI=1S/C27H26N2O6/c30-18(15-28-27(34)35-16-17-8-2-1-3-9-17)14-23(31)29-25(26(32)33)24-21-12-6-4-10-19(21)20-11-5-7-13-22(20)24/h1-13,18,24-25,30H,14-16H2,(H,28,34)(H,29,31)(H,32,33)/t18-,25-/m0/s1. The molecule has 3 aromatic rings. The molecule has 1 aliphatic rings. The molecule has 8 nitrogen and oxygen atoms in total. The van der Waals surface area contributed by atoms with Crippen LogP contribution >= 0.6 is 0 Å². The molecule has 0 saturated carbocycles. The predicted molar refractivity (Wildman–Crippen MR) is 129 cm³/mol. The van der Waals surface area contributed by atoms with Crippen LogP contribution in [-0.2, 0) is 20.9 Å². The highest BCUT2D eigenvalue weighted by atomic mass is 16.5. The monoisotopic (exact) mass is 474 g/mol. The van der Waals surface area contributed by atoms with Gasteiger partial charge in [0.1, 0.15) is 12.6 Å². The molecule has 4 rings (SSSR count). The maximum Gasteiger partial charge on any atom is 0.407 e. The molecule has 0 unspecified atom stereocenters. The number of carbonyl (C=O) groups excluding carboxylic acids is 2. The van der Waals surface area contributed by atoms with Crippen molar-refractivity contribution in [1.29, 1.82) is 0 Å². The smallest absolute Gasteiger partial charge is 0.407 e. The lowest BCUT2D eigenvalue weighted by Crippen LogP contribution is -2.46. The number of nitrogens with one attached hydrogen (secondary N) is 2. The van der Waals surface area contributed by atoms with Crippen LogP contribution in [-0.4, -0.2) is 46.9 Å². The maximum absolute atomic E-state index is 12.6. The summed E-state index contributed by atoms with van der Waals surface area (Å²) in [6.07, 6.45) is -2.31. The molecular weight excluding hydrogens is 448 g/mol. The van der Waals surface area contributed by atoms with Gasteiger partial charge in [-0.1, -0.05) is 78.9 Å². The number of aliphatic hydroxyl groups excluding tert-OH is 1. The topological polar surface area (TPSA) is 125 Å². The van der Waals surface area contributed by atoms with Gasteiger partial charge in [0.2, 0.25) is 5.91 Å². The second-order valence-corrected chi connectivity index (χ2v) is 8.34. The summed E-state index contributed by atoms with van der Waals surface area (Å²) in [5.74, 6) is -2.37. The van der Waals surface area contributed by atoms with Crippen LogP contribution in [0.2, 0.25) is 0 Å². The summed E-state index contributed by atoms with van der Waals surface area (Å²) in [4.78, 5) is 36.7. The number of rotatable bonds is 9. The lowest BCUT2D eigenvalue weighted by Gasteiger charge is -2.24. The number of ether oxygens (including phenoxy) is 1. The average molecular weight is 475 g/mol. The molecule has 0 aromatic heterocycles. The molecule has 0 aliphatic heterocycles. The number of hydrogen-bond acceptors (Lipinski definition) is 5. The van der Waals surface area contributed by atoms with E-state index in [2.05, 4.69) is 10.6 Å². The third-order valence-corrected chi connectivity index (χ3v) is 5.91. The minimum Gasteiger partial charge on any atom is -0.480 e. The summed E-state index contributed by atoms with van der Waals surface area (Å²) < 4.78 is 5.07. The van der Waals surface area contributed by atoms with Crippen molar-refractivity contribution in [3.8, 4) is 11.1 Å². The van der Waals surface area contributed by atoms with Crippen LogP contribution in [0.4, 0.5) is 4.79 Å². The van der Waals surface area contributed by atoms with Gasteiger partial charge in [0.15, 0.2) is 0 Å². The SMILES string of the molecule is O=C(C[C@H](O)CNC(=O)OCc1ccccc1)N[C@H](C(=O)O)C1c2ccccc2-c2ccccc21. The van der Waals surface area contributed by atoms with Crippen LogP contribution in [0.5, 0.6) is 0 Å². The molecule has 35 heavy (non-hydrogen) atoms. The Labute approximate surface area is 202 Å². The zero-order valence-electron chi connectivity index (χ0n) is 18.9. The summed E-state index contributed by atoms with van der Waals surface area (Å²) in [6, 6.07) is 23.0. The first kappa shape index (κ1) is 24.0. The lowest BCUT2D eigenvalue weighted by molar-refractivity contribution is -0.142. The zero-order chi connectivity index (χ0) is 24.8. The molecule has 0 radical (unpaired) electrons. The maximum atomic E-state index is 12.6. The quantitative estimate of drug-likeness (QED) is 0.378. The van der Waals surface area contributed by atoms with E-state index in [0.717, 1.165) is 27.8 Å². The van der Waals surface area contributed by atoms with E-state index in [4.69, 9.17) is 4.74 Å². The summed E-state index contributed by atoms with van der Waals surface area (Å²) in [7, 11) is 0. The van der Waals surface area contributed by atoms with E-state index in [1.807, 2.05) is 78.9 Å². The first-order valence-corrected chi connectivity index (χ1v) is 11.3. The van der Waals surface area contributed by atoms with Gasteiger partial charge in [0.05, 0.1) is 12.5 Å². The Hall–Kier alpha value is -4.17. The van der Waals surface area contributed by atoms with Gasteiger partial charge in [-0.3, -0.25) is 4.79 Å². The molecule has 3 aromatic carbocycles. The van der Waals surface area contributed by atoms with Crippen LogP contribution < -0.4 is 10.6 Å². The van der Waals surface area contributed by atoms with Crippen LogP contribution in [0, 0.1) is 0 Å². The zero-order valence-corrected chi connectivity index (χ0v) is 18.9. The van der Waals surface area contributed by atoms with Crippen LogP contribution in [0.15, 0.2) is 78.9 Å². The number of hydrogen-bond donors (Lipinski definition) is 4. The second kappa shape index (κ2) is 10.8. The van der Waals surface area contributed by atoms with Crippen molar-refractivity contribution >= 4 is 18.0 Å². The summed E-state index contributed by atoms with van der Waals surface area (Å²) in [5, 5.41) is 25.1. The number of benzene rings is 3. The molecule has 0 saturated heterocycles. The highest BCUT2D eigenvalue weighted by Crippen LogP contribution is 2.46. The minimum atomic E-state index is -1.22. The first-order valence-electron chi connectivity index (χ1n) is 11.3. The number of fused-ring (bicyclic) bond motifs is 3. The largest absolute Gasteiger partial charge is 0.480 e. The Morgan fingerprint density at radius 3 is 2.03 bits per heavy atom. The number of aliphatic carboxylic acids is 1. The molecule has 0 spiro atoms. The Bertz CT molecular complexity index is 1170. The van der Waals surface area contributed by atoms with E-state index in [1.165, 1.54) is 0 Å². The molecule has 8 heteroatoms. The third kappa shape index (κ3) is 5.67. The molecule has 0 heterocycles. The van der Waals surface area contributed by atoms with Gasteiger partial charge in [0.25, 0.3) is 0 Å². The molecule has 4 N–H and O–H groups in total. The number of aliphatic hydroxyl groups is 1. The molecule has 1 aliphatic carbocycles.